The molecule has 3 heteroatoms. The third-order valence-corrected chi connectivity index (χ3v) is 5.00. The molecular weight excluding hydrogens is 300 g/mol. The Labute approximate surface area is 125 Å². The summed E-state index contributed by atoms with van der Waals surface area (Å²) in [7, 11) is 4.33. The molecule has 0 amide bonds. The van der Waals surface area contributed by atoms with Gasteiger partial charge in [-0.3, -0.25) is 0 Å². The van der Waals surface area contributed by atoms with E-state index in [0.29, 0.717) is 0 Å². The van der Waals surface area contributed by atoms with Gasteiger partial charge < -0.3 is 10.2 Å². The topological polar surface area (TPSA) is 15.3 Å². The maximum atomic E-state index is 3.63. The van der Waals surface area contributed by atoms with E-state index in [-0.39, 0.29) is 0 Å². The number of hydrogen-bond donors (Lipinski definition) is 1. The normalized spacial score (nSPS) is 23.8. The predicted octanol–water partition coefficient (Wildman–Crippen LogP) is 3.66. The van der Waals surface area contributed by atoms with Gasteiger partial charge in [-0.2, -0.15) is 0 Å². The molecule has 0 spiro atoms. The average Bonchev–Trinajstić information content (AvgIpc) is 2.42. The van der Waals surface area contributed by atoms with Crippen LogP contribution >= 0.6 is 15.9 Å². The molecular formula is C16H25BrN2. The molecule has 0 aromatic heterocycles. The molecule has 2 rings (SSSR count). The highest BCUT2D eigenvalue weighted by Gasteiger charge is 2.21. The smallest absolute Gasteiger partial charge is 0.0242 e. The first kappa shape index (κ1) is 15.0. The van der Waals surface area contributed by atoms with Crippen LogP contribution in [0.3, 0.4) is 0 Å². The first-order valence-corrected chi connectivity index (χ1v) is 8.07. The van der Waals surface area contributed by atoms with E-state index in [0.717, 1.165) is 18.5 Å². The molecule has 0 heterocycles. The van der Waals surface area contributed by atoms with Gasteiger partial charge in [0.2, 0.25) is 0 Å². The van der Waals surface area contributed by atoms with E-state index in [4.69, 9.17) is 0 Å². The summed E-state index contributed by atoms with van der Waals surface area (Å²) in [6.07, 6.45) is 5.41. The molecule has 1 aliphatic carbocycles. The molecule has 1 aliphatic rings. The van der Waals surface area contributed by atoms with Gasteiger partial charge in [0.05, 0.1) is 0 Å². The molecule has 0 radical (unpaired) electrons. The Morgan fingerprint density at radius 2 is 1.89 bits per heavy atom. The number of hydrogen-bond acceptors (Lipinski definition) is 2. The maximum Gasteiger partial charge on any atom is 0.0242 e. The fourth-order valence-electron chi connectivity index (χ4n) is 3.06. The third kappa shape index (κ3) is 4.59. The fourth-order valence-corrected chi connectivity index (χ4v) is 3.47. The lowest BCUT2D eigenvalue weighted by Crippen LogP contribution is -2.34. The Hall–Kier alpha value is -0.380. The van der Waals surface area contributed by atoms with Crippen molar-refractivity contribution in [3.05, 3.63) is 34.3 Å². The van der Waals surface area contributed by atoms with Crippen LogP contribution in [0.15, 0.2) is 28.7 Å². The summed E-state index contributed by atoms with van der Waals surface area (Å²) in [5.74, 6) is 0.872. The molecule has 0 unspecified atom stereocenters. The van der Waals surface area contributed by atoms with Crippen molar-refractivity contribution >= 4 is 15.9 Å². The Morgan fingerprint density at radius 1 is 1.21 bits per heavy atom. The molecule has 0 atom stereocenters. The second-order valence-corrected chi connectivity index (χ2v) is 6.65. The van der Waals surface area contributed by atoms with Crippen LogP contribution < -0.4 is 5.32 Å². The Balaban J connectivity index is 1.79. The lowest BCUT2D eigenvalue weighted by Gasteiger charge is -2.31. The number of halogens is 1. The molecule has 0 saturated heterocycles. The number of nitrogens with one attached hydrogen (secondary N) is 1. The summed E-state index contributed by atoms with van der Waals surface area (Å²) in [5, 5.41) is 3.41. The standard InChI is InChI=1S/C16H25BrN2/c1-18-15-9-7-13(8-10-15)11-19(2)12-14-5-3-4-6-16(14)17/h3-6,13,15,18H,7-12H2,1-2H3. The molecule has 106 valence electrons. The first-order valence-electron chi connectivity index (χ1n) is 7.28. The zero-order valence-corrected chi connectivity index (χ0v) is 13.6. The molecule has 0 bridgehead atoms. The van der Waals surface area contributed by atoms with Gasteiger partial charge >= 0.3 is 0 Å². The largest absolute Gasteiger partial charge is 0.317 e. The lowest BCUT2D eigenvalue weighted by molar-refractivity contribution is 0.211. The van der Waals surface area contributed by atoms with Crippen LogP contribution in [0.5, 0.6) is 0 Å². The van der Waals surface area contributed by atoms with Crippen molar-refractivity contribution in [2.45, 2.75) is 38.3 Å². The van der Waals surface area contributed by atoms with E-state index in [1.165, 1.54) is 42.3 Å². The molecule has 19 heavy (non-hydrogen) atoms. The predicted molar refractivity (Wildman–Crippen MR) is 85.3 cm³/mol. The zero-order chi connectivity index (χ0) is 13.7. The summed E-state index contributed by atoms with van der Waals surface area (Å²) in [4.78, 5) is 2.46. The summed E-state index contributed by atoms with van der Waals surface area (Å²) in [5.41, 5.74) is 1.38. The van der Waals surface area contributed by atoms with Crippen LogP contribution in [-0.2, 0) is 6.54 Å². The van der Waals surface area contributed by atoms with Gasteiger partial charge in [-0.25, -0.2) is 0 Å². The molecule has 1 aromatic rings. The highest BCUT2D eigenvalue weighted by atomic mass is 79.9. The first-order chi connectivity index (χ1) is 9.19. The van der Waals surface area contributed by atoms with Gasteiger partial charge in [-0.15, -0.1) is 0 Å². The van der Waals surface area contributed by atoms with Crippen LogP contribution in [0.25, 0.3) is 0 Å². The second kappa shape index (κ2) is 7.41. The van der Waals surface area contributed by atoms with Crippen molar-refractivity contribution in [2.75, 3.05) is 20.6 Å². The fraction of sp³-hybridized carbons (Fsp3) is 0.625. The number of benzene rings is 1. The van der Waals surface area contributed by atoms with Crippen molar-refractivity contribution in [2.24, 2.45) is 5.92 Å². The van der Waals surface area contributed by atoms with Crippen LogP contribution in [0.2, 0.25) is 0 Å². The summed E-state index contributed by atoms with van der Waals surface area (Å²) in [6, 6.07) is 9.28. The summed E-state index contributed by atoms with van der Waals surface area (Å²) in [6.45, 7) is 2.26. The quantitative estimate of drug-likeness (QED) is 0.889. The van der Waals surface area contributed by atoms with Crippen molar-refractivity contribution in [3.63, 3.8) is 0 Å². The van der Waals surface area contributed by atoms with Gasteiger partial charge in [0.15, 0.2) is 0 Å². The minimum absolute atomic E-state index is 0.754. The Morgan fingerprint density at radius 3 is 2.53 bits per heavy atom. The van der Waals surface area contributed by atoms with Crippen molar-refractivity contribution < 1.29 is 0 Å². The van der Waals surface area contributed by atoms with Crippen molar-refractivity contribution in [1.82, 2.24) is 10.2 Å². The van der Waals surface area contributed by atoms with E-state index in [9.17, 15) is 0 Å². The molecule has 0 aliphatic heterocycles. The van der Waals surface area contributed by atoms with Gasteiger partial charge in [0.25, 0.3) is 0 Å². The van der Waals surface area contributed by atoms with Gasteiger partial charge in [0, 0.05) is 23.6 Å². The van der Waals surface area contributed by atoms with Gasteiger partial charge in [0.1, 0.15) is 0 Å². The lowest BCUT2D eigenvalue weighted by atomic mass is 9.86. The SMILES string of the molecule is CNC1CCC(CN(C)Cc2ccccc2Br)CC1. The van der Waals surface area contributed by atoms with Crippen LogP contribution in [-0.4, -0.2) is 31.6 Å². The highest BCUT2D eigenvalue weighted by molar-refractivity contribution is 9.10. The maximum absolute atomic E-state index is 3.63. The second-order valence-electron chi connectivity index (χ2n) is 5.79. The number of rotatable bonds is 5. The average molecular weight is 325 g/mol. The number of nitrogens with zero attached hydrogens (tertiary/aromatic N) is 1. The molecule has 2 nitrogen and oxygen atoms in total. The Bertz CT molecular complexity index is 386. The van der Waals surface area contributed by atoms with Crippen molar-refractivity contribution in [1.29, 1.82) is 0 Å². The van der Waals surface area contributed by atoms with Gasteiger partial charge in [-0.05, 0) is 57.3 Å². The van der Waals surface area contributed by atoms with Crippen LogP contribution in [0, 0.1) is 5.92 Å². The van der Waals surface area contributed by atoms with E-state index in [1.54, 1.807) is 0 Å². The van der Waals surface area contributed by atoms with E-state index in [2.05, 4.69) is 64.5 Å². The Kier molecular flexibility index (Phi) is 5.86. The molecule has 1 aromatic carbocycles. The minimum Gasteiger partial charge on any atom is -0.317 e. The molecule has 1 saturated carbocycles. The molecule has 1 fully saturated rings. The van der Waals surface area contributed by atoms with E-state index < -0.39 is 0 Å². The highest BCUT2D eigenvalue weighted by Crippen LogP contribution is 2.25. The van der Waals surface area contributed by atoms with E-state index in [1.807, 2.05) is 0 Å². The zero-order valence-electron chi connectivity index (χ0n) is 12.0. The van der Waals surface area contributed by atoms with Gasteiger partial charge in [-0.1, -0.05) is 34.1 Å². The van der Waals surface area contributed by atoms with Crippen LogP contribution in [0.4, 0.5) is 0 Å². The summed E-state index contributed by atoms with van der Waals surface area (Å²) < 4.78 is 1.22. The summed E-state index contributed by atoms with van der Waals surface area (Å²) >= 11 is 3.63. The van der Waals surface area contributed by atoms with Crippen LogP contribution in [0.1, 0.15) is 31.2 Å². The molecule has 1 N–H and O–H groups in total. The minimum atomic E-state index is 0.754. The monoisotopic (exact) mass is 324 g/mol. The third-order valence-electron chi connectivity index (χ3n) is 4.22. The van der Waals surface area contributed by atoms with Crippen molar-refractivity contribution in [3.8, 4) is 0 Å². The van der Waals surface area contributed by atoms with E-state index >= 15 is 0 Å².